The highest BCUT2D eigenvalue weighted by atomic mass is 35.5. The van der Waals surface area contributed by atoms with Crippen LogP contribution in [0.25, 0.3) is 0 Å². The Morgan fingerprint density at radius 3 is 2.58 bits per heavy atom. The summed E-state index contributed by atoms with van der Waals surface area (Å²) in [6, 6.07) is 9.71. The van der Waals surface area contributed by atoms with E-state index in [1.807, 2.05) is 68.5 Å². The molecule has 1 atom stereocenters. The molecule has 1 aromatic carbocycles. The summed E-state index contributed by atoms with van der Waals surface area (Å²) in [5.74, 6) is -0.0695. The number of benzene rings is 1. The van der Waals surface area contributed by atoms with Crippen molar-refractivity contribution < 1.29 is 9.53 Å². The molecule has 1 N–H and O–H groups in total. The van der Waals surface area contributed by atoms with E-state index in [2.05, 4.69) is 29.7 Å². The number of allylic oxidation sites excluding steroid dienone is 3. The number of halogens is 1. The van der Waals surface area contributed by atoms with E-state index in [0.29, 0.717) is 13.2 Å². The second-order valence-corrected chi connectivity index (χ2v) is 5.93. The van der Waals surface area contributed by atoms with Gasteiger partial charge < -0.3 is 10.1 Å². The number of amides is 1. The van der Waals surface area contributed by atoms with Gasteiger partial charge in [0.25, 0.3) is 0 Å². The monoisotopic (exact) mass is 396 g/mol. The van der Waals surface area contributed by atoms with Gasteiger partial charge in [-0.1, -0.05) is 61.4 Å². The number of rotatable bonds is 9. The molecule has 0 spiro atoms. The Hall–Kier alpha value is -1.69. The Labute approximate surface area is 168 Å². The van der Waals surface area contributed by atoms with Crippen molar-refractivity contribution in [3.8, 4) is 0 Å². The lowest BCUT2D eigenvalue weighted by Crippen LogP contribution is -2.40. The Morgan fingerprint density at radius 1 is 1.35 bits per heavy atom. The van der Waals surface area contributed by atoms with Crippen LogP contribution >= 0.6 is 24.4 Å². The van der Waals surface area contributed by atoms with Crippen LogP contribution in [-0.2, 0) is 16.1 Å². The van der Waals surface area contributed by atoms with Gasteiger partial charge in [0.15, 0.2) is 0 Å². The molecule has 0 radical (unpaired) electrons. The molecule has 0 fully saturated rings. The SMILES string of the molecule is CCl.C\C=C/C(=C\C=C\OCc1ccccc1)CN[C@H](C)C(=O)N(C)S. The van der Waals surface area contributed by atoms with Gasteiger partial charge in [0.1, 0.15) is 6.61 Å². The van der Waals surface area contributed by atoms with E-state index >= 15 is 0 Å². The molecule has 26 heavy (non-hydrogen) atoms. The van der Waals surface area contributed by atoms with Crippen LogP contribution in [0.1, 0.15) is 19.4 Å². The lowest BCUT2D eigenvalue weighted by molar-refractivity contribution is -0.126. The van der Waals surface area contributed by atoms with Crippen LogP contribution in [0.2, 0.25) is 0 Å². The molecule has 1 aromatic rings. The molecule has 0 unspecified atom stereocenters. The fourth-order valence-electron chi connectivity index (χ4n) is 1.96. The number of thiol groups is 1. The lowest BCUT2D eigenvalue weighted by Gasteiger charge is -2.17. The van der Waals surface area contributed by atoms with E-state index < -0.39 is 0 Å². The van der Waals surface area contributed by atoms with Crippen molar-refractivity contribution in [2.75, 3.05) is 20.0 Å². The van der Waals surface area contributed by atoms with Crippen molar-refractivity contribution in [3.05, 3.63) is 72.0 Å². The highest BCUT2D eigenvalue weighted by Gasteiger charge is 2.14. The third-order valence-electron chi connectivity index (χ3n) is 3.26. The number of nitrogens with one attached hydrogen (secondary N) is 1. The maximum Gasteiger partial charge on any atom is 0.248 e. The molecule has 1 amide bonds. The van der Waals surface area contributed by atoms with Gasteiger partial charge in [0, 0.05) is 20.0 Å². The summed E-state index contributed by atoms with van der Waals surface area (Å²) in [4.78, 5) is 11.8. The highest BCUT2D eigenvalue weighted by Crippen LogP contribution is 2.02. The molecule has 0 aliphatic heterocycles. The van der Waals surface area contributed by atoms with Crippen LogP contribution in [0, 0.1) is 0 Å². The van der Waals surface area contributed by atoms with Crippen molar-refractivity contribution in [1.82, 2.24) is 9.62 Å². The van der Waals surface area contributed by atoms with Crippen molar-refractivity contribution >= 4 is 30.3 Å². The van der Waals surface area contributed by atoms with E-state index in [1.54, 1.807) is 13.3 Å². The second-order valence-electron chi connectivity index (χ2n) is 5.33. The summed E-state index contributed by atoms with van der Waals surface area (Å²) in [5, 5.41) is 3.18. The zero-order valence-corrected chi connectivity index (χ0v) is 17.5. The van der Waals surface area contributed by atoms with Crippen LogP contribution < -0.4 is 5.32 Å². The minimum Gasteiger partial charge on any atom is -0.497 e. The van der Waals surface area contributed by atoms with Gasteiger partial charge in [0.2, 0.25) is 5.91 Å². The quantitative estimate of drug-likeness (QED) is 0.282. The topological polar surface area (TPSA) is 41.6 Å². The molecular weight excluding hydrogens is 368 g/mol. The maximum atomic E-state index is 11.8. The standard InChI is InChI=1S/C19H26N2O2S.CH3Cl/c1-4-9-17(14-20-16(2)19(22)21(3)24)12-8-13-23-15-18-10-6-5-7-11-18;1-2/h4-13,16,20,24H,14-15H2,1-3H3;1H3/b9-4-,13-8+,17-12+;/t16-;/m1./s1. The minimum absolute atomic E-state index is 0.0695. The highest BCUT2D eigenvalue weighted by molar-refractivity contribution is 7.78. The lowest BCUT2D eigenvalue weighted by atomic mass is 10.2. The predicted molar refractivity (Wildman–Crippen MR) is 114 cm³/mol. The van der Waals surface area contributed by atoms with Crippen LogP contribution in [-0.4, -0.2) is 36.2 Å². The molecule has 144 valence electrons. The molecule has 0 aliphatic rings. The predicted octanol–water partition coefficient (Wildman–Crippen LogP) is 4.36. The number of alkyl halides is 1. The van der Waals surface area contributed by atoms with Crippen molar-refractivity contribution in [1.29, 1.82) is 0 Å². The third-order valence-corrected chi connectivity index (χ3v) is 3.46. The van der Waals surface area contributed by atoms with E-state index in [4.69, 9.17) is 4.74 Å². The van der Waals surface area contributed by atoms with Crippen molar-refractivity contribution in [3.63, 3.8) is 0 Å². The molecule has 0 heterocycles. The van der Waals surface area contributed by atoms with Gasteiger partial charge in [-0.2, -0.15) is 0 Å². The molecule has 0 aromatic heterocycles. The van der Waals surface area contributed by atoms with Gasteiger partial charge >= 0.3 is 0 Å². The first kappa shape index (κ1) is 24.3. The Bertz CT molecular complexity index is 587. The number of likely N-dealkylation sites (N-methyl/N-ethyl adjacent to an activating group) is 1. The fourth-order valence-corrected chi connectivity index (χ4v) is 2.14. The number of carbonyl (C=O) groups excluding carboxylic acids is 1. The van der Waals surface area contributed by atoms with Gasteiger partial charge in [0.05, 0.1) is 12.3 Å². The largest absolute Gasteiger partial charge is 0.497 e. The molecule has 4 nitrogen and oxygen atoms in total. The van der Waals surface area contributed by atoms with E-state index in [1.165, 1.54) is 10.7 Å². The number of hydrogen-bond donors (Lipinski definition) is 2. The molecule has 6 heteroatoms. The summed E-state index contributed by atoms with van der Waals surface area (Å²) in [6.45, 7) is 4.91. The summed E-state index contributed by atoms with van der Waals surface area (Å²) >= 11 is 8.65. The smallest absolute Gasteiger partial charge is 0.248 e. The average molecular weight is 397 g/mol. The molecule has 0 aliphatic carbocycles. The van der Waals surface area contributed by atoms with Gasteiger partial charge in [-0.05, 0) is 31.1 Å². The average Bonchev–Trinajstić information content (AvgIpc) is 2.67. The minimum atomic E-state index is -0.292. The van der Waals surface area contributed by atoms with Gasteiger partial charge in [-0.3, -0.25) is 9.10 Å². The van der Waals surface area contributed by atoms with E-state index in [-0.39, 0.29) is 11.9 Å². The second kappa shape index (κ2) is 15.6. The first-order valence-corrected chi connectivity index (χ1v) is 9.41. The van der Waals surface area contributed by atoms with Gasteiger partial charge in [-0.25, -0.2) is 0 Å². The third kappa shape index (κ3) is 11.0. The maximum absolute atomic E-state index is 11.8. The molecule has 0 bridgehead atoms. The van der Waals surface area contributed by atoms with Crippen LogP contribution in [0.15, 0.2) is 66.5 Å². The zero-order chi connectivity index (χ0) is 19.8. The number of hydrogen-bond acceptors (Lipinski definition) is 4. The van der Waals surface area contributed by atoms with Crippen LogP contribution in [0.4, 0.5) is 0 Å². The van der Waals surface area contributed by atoms with Crippen LogP contribution in [0.3, 0.4) is 0 Å². The zero-order valence-electron chi connectivity index (χ0n) is 15.9. The summed E-state index contributed by atoms with van der Waals surface area (Å²) in [6.07, 6.45) is 10.9. The number of ether oxygens (including phenoxy) is 1. The Kier molecular flexibility index (Phi) is 14.5. The number of nitrogens with zero attached hydrogens (tertiary/aromatic N) is 1. The summed E-state index contributed by atoms with van der Waals surface area (Å²) in [7, 11) is 1.62. The first-order chi connectivity index (χ1) is 12.5. The summed E-state index contributed by atoms with van der Waals surface area (Å²) < 4.78 is 6.79. The Balaban J connectivity index is 0.00000301. The Morgan fingerprint density at radius 2 is 2.00 bits per heavy atom. The van der Waals surface area contributed by atoms with Crippen LogP contribution in [0.5, 0.6) is 0 Å². The van der Waals surface area contributed by atoms with Crippen molar-refractivity contribution in [2.45, 2.75) is 26.5 Å². The van der Waals surface area contributed by atoms with Crippen molar-refractivity contribution in [2.24, 2.45) is 0 Å². The molecule has 1 rings (SSSR count). The summed E-state index contributed by atoms with van der Waals surface area (Å²) in [5.41, 5.74) is 2.18. The fraction of sp³-hybridized carbons (Fsp3) is 0.350. The normalized spacial score (nSPS) is 12.6. The molecular formula is C20H29ClN2O2S. The molecule has 0 saturated carbocycles. The molecule has 0 saturated heterocycles. The van der Waals surface area contributed by atoms with E-state index in [9.17, 15) is 4.79 Å². The first-order valence-electron chi connectivity index (χ1n) is 8.26. The number of carbonyl (C=O) groups is 1. The van der Waals surface area contributed by atoms with Gasteiger partial charge in [-0.15, -0.1) is 11.6 Å². The van der Waals surface area contributed by atoms with E-state index in [0.717, 1.165) is 11.1 Å².